The van der Waals surface area contributed by atoms with E-state index in [4.69, 9.17) is 5.11 Å². The minimum Gasteiger partial charge on any atom is -0.481 e. The molecule has 1 aliphatic carbocycles. The summed E-state index contributed by atoms with van der Waals surface area (Å²) in [4.78, 5) is 11.2. The number of rotatable bonds is 6. The Bertz CT molecular complexity index is 601. The van der Waals surface area contributed by atoms with Crippen LogP contribution >= 0.6 is 0 Å². The number of carbonyl (C=O) groups is 1. The van der Waals surface area contributed by atoms with Gasteiger partial charge < -0.3 is 5.11 Å². The molecular weight excluding hydrogens is 278 g/mol. The van der Waals surface area contributed by atoms with Crippen molar-refractivity contribution in [2.45, 2.75) is 32.1 Å². The maximum atomic E-state index is 11.8. The van der Waals surface area contributed by atoms with Crippen LogP contribution in [0.2, 0.25) is 0 Å². The number of anilines is 1. The van der Waals surface area contributed by atoms with Gasteiger partial charge in [-0.05, 0) is 50.3 Å². The summed E-state index contributed by atoms with van der Waals surface area (Å²) in [5.74, 6) is -0.465. The van der Waals surface area contributed by atoms with Gasteiger partial charge in [-0.1, -0.05) is 12.1 Å². The van der Waals surface area contributed by atoms with Crippen LogP contribution in [0.15, 0.2) is 24.3 Å². The van der Waals surface area contributed by atoms with E-state index in [0.717, 1.165) is 12.8 Å². The lowest BCUT2D eigenvalue weighted by Crippen LogP contribution is -2.28. The highest BCUT2D eigenvalue weighted by molar-refractivity contribution is 7.92. The molecule has 5 nitrogen and oxygen atoms in total. The van der Waals surface area contributed by atoms with E-state index < -0.39 is 21.4 Å². The van der Waals surface area contributed by atoms with Gasteiger partial charge >= 0.3 is 5.97 Å². The van der Waals surface area contributed by atoms with Gasteiger partial charge in [0.1, 0.15) is 0 Å². The second kappa shape index (κ2) is 5.09. The van der Waals surface area contributed by atoms with Gasteiger partial charge in [0.25, 0.3) is 0 Å². The normalized spacial score (nSPS) is 15.9. The van der Waals surface area contributed by atoms with Gasteiger partial charge in [-0.25, -0.2) is 8.42 Å². The average Bonchev–Trinajstić information content (AvgIpc) is 3.12. The molecule has 1 aliphatic rings. The van der Waals surface area contributed by atoms with Crippen LogP contribution < -0.4 is 4.72 Å². The largest absolute Gasteiger partial charge is 0.481 e. The van der Waals surface area contributed by atoms with Crippen LogP contribution in [0.4, 0.5) is 5.69 Å². The Balaban J connectivity index is 2.10. The van der Waals surface area contributed by atoms with Crippen LogP contribution in [0.5, 0.6) is 0 Å². The molecule has 110 valence electrons. The number of benzene rings is 1. The molecule has 0 amide bonds. The quantitative estimate of drug-likeness (QED) is 0.843. The molecule has 1 fully saturated rings. The van der Waals surface area contributed by atoms with E-state index in [9.17, 15) is 13.2 Å². The molecule has 0 atom stereocenters. The standard InChI is InChI=1S/C14H19NO4S/c1-14(2,13(16)17)11-5-7-12(8-6-11)15-20(18,19)9-10-3-4-10/h5-8,10,15H,3-4,9H2,1-2H3,(H,16,17). The maximum absolute atomic E-state index is 11.8. The van der Waals surface area contributed by atoms with Crippen molar-refractivity contribution in [3.63, 3.8) is 0 Å². The van der Waals surface area contributed by atoms with Gasteiger partial charge in [-0.2, -0.15) is 0 Å². The second-order valence-corrected chi connectivity index (χ2v) is 7.60. The zero-order valence-corrected chi connectivity index (χ0v) is 12.4. The topological polar surface area (TPSA) is 83.5 Å². The number of aliphatic carboxylic acids is 1. The summed E-state index contributed by atoms with van der Waals surface area (Å²) in [7, 11) is -3.30. The van der Waals surface area contributed by atoms with Crippen LogP contribution in [-0.4, -0.2) is 25.2 Å². The molecule has 2 rings (SSSR count). The minimum absolute atomic E-state index is 0.162. The highest BCUT2D eigenvalue weighted by atomic mass is 32.2. The summed E-state index contributed by atoms with van der Waals surface area (Å²) in [6, 6.07) is 6.49. The van der Waals surface area contributed by atoms with Crippen molar-refractivity contribution in [2.75, 3.05) is 10.5 Å². The average molecular weight is 297 g/mol. The molecule has 0 aliphatic heterocycles. The third kappa shape index (κ3) is 3.50. The Morgan fingerprint density at radius 3 is 2.30 bits per heavy atom. The lowest BCUT2D eigenvalue weighted by Gasteiger charge is -2.20. The first-order valence-electron chi connectivity index (χ1n) is 6.55. The van der Waals surface area contributed by atoms with Gasteiger partial charge in [-0.3, -0.25) is 9.52 Å². The van der Waals surface area contributed by atoms with Crippen LogP contribution in [0, 0.1) is 5.92 Å². The highest BCUT2D eigenvalue weighted by Crippen LogP contribution is 2.31. The Labute approximate surface area is 119 Å². The van der Waals surface area contributed by atoms with Crippen molar-refractivity contribution in [2.24, 2.45) is 5.92 Å². The van der Waals surface area contributed by atoms with Crippen LogP contribution in [0.25, 0.3) is 0 Å². The minimum atomic E-state index is -3.30. The Kier molecular flexibility index (Phi) is 3.77. The van der Waals surface area contributed by atoms with Crippen molar-refractivity contribution >= 4 is 21.7 Å². The van der Waals surface area contributed by atoms with E-state index in [0.29, 0.717) is 11.3 Å². The van der Waals surface area contributed by atoms with Crippen LogP contribution in [0.3, 0.4) is 0 Å². The SMILES string of the molecule is CC(C)(C(=O)O)c1ccc(NS(=O)(=O)CC2CC2)cc1. The maximum Gasteiger partial charge on any atom is 0.313 e. The third-order valence-electron chi connectivity index (χ3n) is 3.57. The molecular formula is C14H19NO4S. The van der Waals surface area contributed by atoms with Crippen molar-refractivity contribution in [3.8, 4) is 0 Å². The molecule has 20 heavy (non-hydrogen) atoms. The zero-order chi connectivity index (χ0) is 15.0. The molecule has 2 N–H and O–H groups in total. The van der Waals surface area contributed by atoms with E-state index in [2.05, 4.69) is 4.72 Å². The summed E-state index contributed by atoms with van der Waals surface area (Å²) in [5, 5.41) is 9.15. The van der Waals surface area contributed by atoms with E-state index in [1.165, 1.54) is 0 Å². The fraction of sp³-hybridized carbons (Fsp3) is 0.500. The van der Waals surface area contributed by atoms with Gasteiger partial charge in [0.15, 0.2) is 0 Å². The monoisotopic (exact) mass is 297 g/mol. The molecule has 6 heteroatoms. The molecule has 0 bridgehead atoms. The molecule has 1 aromatic carbocycles. The first kappa shape index (κ1) is 14.8. The summed E-state index contributed by atoms with van der Waals surface area (Å²) >= 11 is 0. The first-order chi connectivity index (χ1) is 9.21. The predicted octanol–water partition coefficient (Wildman–Crippen LogP) is 2.20. The summed E-state index contributed by atoms with van der Waals surface area (Å²) in [5.41, 5.74) is 0.108. The van der Waals surface area contributed by atoms with Crippen LogP contribution in [-0.2, 0) is 20.2 Å². The first-order valence-corrected chi connectivity index (χ1v) is 8.20. The molecule has 0 saturated heterocycles. The summed E-state index contributed by atoms with van der Waals surface area (Å²) in [6.07, 6.45) is 1.96. The van der Waals surface area contributed by atoms with E-state index >= 15 is 0 Å². The molecule has 0 aromatic heterocycles. The fourth-order valence-electron chi connectivity index (χ4n) is 1.89. The Hall–Kier alpha value is -1.56. The van der Waals surface area contributed by atoms with E-state index in [1.807, 2.05) is 0 Å². The Morgan fingerprint density at radius 2 is 1.85 bits per heavy atom. The van der Waals surface area contributed by atoms with Crippen molar-refractivity contribution in [1.82, 2.24) is 0 Å². The second-order valence-electron chi connectivity index (χ2n) is 5.83. The molecule has 0 heterocycles. The molecule has 0 spiro atoms. The number of hydrogen-bond donors (Lipinski definition) is 2. The third-order valence-corrected chi connectivity index (χ3v) is 5.02. The molecule has 0 unspecified atom stereocenters. The van der Waals surface area contributed by atoms with Gasteiger partial charge in [-0.15, -0.1) is 0 Å². The number of carboxylic acid groups (broad SMARTS) is 1. The van der Waals surface area contributed by atoms with Crippen molar-refractivity contribution in [1.29, 1.82) is 0 Å². The van der Waals surface area contributed by atoms with Crippen LogP contribution in [0.1, 0.15) is 32.3 Å². The molecule has 1 saturated carbocycles. The van der Waals surface area contributed by atoms with Crippen molar-refractivity contribution in [3.05, 3.63) is 29.8 Å². The number of hydrogen-bond acceptors (Lipinski definition) is 3. The van der Waals surface area contributed by atoms with Gasteiger partial charge in [0.05, 0.1) is 11.2 Å². The molecule has 0 radical (unpaired) electrons. The lowest BCUT2D eigenvalue weighted by molar-refractivity contribution is -0.142. The zero-order valence-electron chi connectivity index (χ0n) is 11.6. The number of nitrogens with one attached hydrogen (secondary N) is 1. The number of sulfonamides is 1. The molecule has 1 aromatic rings. The van der Waals surface area contributed by atoms with E-state index in [1.54, 1.807) is 38.1 Å². The van der Waals surface area contributed by atoms with E-state index in [-0.39, 0.29) is 11.7 Å². The fourth-order valence-corrected chi connectivity index (χ4v) is 3.43. The number of carboxylic acids is 1. The summed E-state index contributed by atoms with van der Waals surface area (Å²) in [6.45, 7) is 3.23. The lowest BCUT2D eigenvalue weighted by atomic mass is 9.85. The predicted molar refractivity (Wildman–Crippen MR) is 77.2 cm³/mol. The van der Waals surface area contributed by atoms with Gasteiger partial charge in [0.2, 0.25) is 10.0 Å². The van der Waals surface area contributed by atoms with Gasteiger partial charge in [0, 0.05) is 5.69 Å². The smallest absolute Gasteiger partial charge is 0.313 e. The Morgan fingerprint density at radius 1 is 1.30 bits per heavy atom. The summed E-state index contributed by atoms with van der Waals surface area (Å²) < 4.78 is 26.2. The van der Waals surface area contributed by atoms with Crippen molar-refractivity contribution < 1.29 is 18.3 Å². The highest BCUT2D eigenvalue weighted by Gasteiger charge is 2.30.